The third-order valence-electron chi connectivity index (χ3n) is 3.30. The highest BCUT2D eigenvalue weighted by molar-refractivity contribution is 7.91. The van der Waals surface area contributed by atoms with Crippen molar-refractivity contribution in [3.05, 3.63) is 30.1 Å². The molecule has 1 aliphatic rings. The van der Waals surface area contributed by atoms with Crippen LogP contribution in [0.4, 0.5) is 0 Å². The minimum absolute atomic E-state index is 0.301. The third kappa shape index (κ3) is 5.26. The predicted octanol–water partition coefficient (Wildman–Crippen LogP) is 0.292. The van der Waals surface area contributed by atoms with Gasteiger partial charge in [0.1, 0.15) is 0 Å². The summed E-state index contributed by atoms with van der Waals surface area (Å²) < 4.78 is 23.0. The molecule has 0 bridgehead atoms. The Morgan fingerprint density at radius 1 is 1.32 bits per heavy atom. The first kappa shape index (κ1) is 14.4. The van der Waals surface area contributed by atoms with E-state index in [1.54, 1.807) is 6.20 Å². The van der Waals surface area contributed by atoms with Gasteiger partial charge in [-0.05, 0) is 24.6 Å². The highest BCUT2D eigenvalue weighted by atomic mass is 32.2. The maximum atomic E-state index is 11.5. The van der Waals surface area contributed by atoms with Gasteiger partial charge in [0.05, 0.1) is 11.5 Å². The maximum Gasteiger partial charge on any atom is 0.151 e. The molecule has 19 heavy (non-hydrogen) atoms. The highest BCUT2D eigenvalue weighted by Gasteiger charge is 2.18. The number of pyridine rings is 1. The average molecular weight is 283 g/mol. The Morgan fingerprint density at radius 3 is 3.00 bits per heavy atom. The molecule has 0 radical (unpaired) electrons. The van der Waals surface area contributed by atoms with Crippen molar-refractivity contribution < 1.29 is 8.42 Å². The Morgan fingerprint density at radius 2 is 2.21 bits per heavy atom. The van der Waals surface area contributed by atoms with Gasteiger partial charge in [-0.15, -0.1) is 0 Å². The predicted molar refractivity (Wildman–Crippen MR) is 75.7 cm³/mol. The fourth-order valence-corrected chi connectivity index (χ4v) is 3.50. The lowest BCUT2D eigenvalue weighted by atomic mass is 10.3. The summed E-state index contributed by atoms with van der Waals surface area (Å²) >= 11 is 0. The molecule has 0 amide bonds. The van der Waals surface area contributed by atoms with Gasteiger partial charge in [-0.1, -0.05) is 6.07 Å². The van der Waals surface area contributed by atoms with Crippen LogP contribution in [0.1, 0.15) is 12.0 Å². The van der Waals surface area contributed by atoms with Crippen molar-refractivity contribution in [3.63, 3.8) is 0 Å². The van der Waals surface area contributed by atoms with Crippen LogP contribution >= 0.6 is 0 Å². The molecule has 1 aromatic rings. The Labute approximate surface area is 114 Å². The molecule has 0 unspecified atom stereocenters. The lowest BCUT2D eigenvalue weighted by Crippen LogP contribution is -2.34. The molecule has 1 aromatic heterocycles. The fraction of sp³-hybridized carbons (Fsp3) is 0.615. The van der Waals surface area contributed by atoms with Crippen LogP contribution in [0.2, 0.25) is 0 Å². The van der Waals surface area contributed by atoms with E-state index < -0.39 is 9.84 Å². The monoisotopic (exact) mass is 283 g/mol. The summed E-state index contributed by atoms with van der Waals surface area (Å²) in [6.07, 6.45) is 4.37. The number of nitrogens with one attached hydrogen (secondary N) is 1. The van der Waals surface area contributed by atoms with Gasteiger partial charge < -0.3 is 10.2 Å². The summed E-state index contributed by atoms with van der Waals surface area (Å²) in [5, 5.41) is 3.36. The van der Waals surface area contributed by atoms with Crippen LogP contribution in [-0.4, -0.2) is 56.0 Å². The van der Waals surface area contributed by atoms with Crippen molar-refractivity contribution in [2.75, 3.05) is 37.7 Å². The second-order valence-electron chi connectivity index (χ2n) is 4.89. The first-order valence-electron chi connectivity index (χ1n) is 6.68. The summed E-state index contributed by atoms with van der Waals surface area (Å²) in [6.45, 7) is 4.12. The van der Waals surface area contributed by atoms with Crippen molar-refractivity contribution in [2.45, 2.75) is 13.0 Å². The molecule has 0 saturated carbocycles. The topological polar surface area (TPSA) is 62.3 Å². The lowest BCUT2D eigenvalue weighted by molar-refractivity contribution is 0.294. The lowest BCUT2D eigenvalue weighted by Gasteiger charge is -2.19. The van der Waals surface area contributed by atoms with Crippen molar-refractivity contribution in [3.8, 4) is 0 Å². The molecule has 1 saturated heterocycles. The van der Waals surface area contributed by atoms with E-state index >= 15 is 0 Å². The molecule has 1 aliphatic heterocycles. The SMILES string of the molecule is O=S1(=O)CCCN(CCNCc2cccnc2)CC1. The minimum atomic E-state index is -2.80. The molecule has 1 fully saturated rings. The zero-order chi connectivity index (χ0) is 13.6. The molecule has 1 N–H and O–H groups in total. The van der Waals surface area contributed by atoms with Crippen molar-refractivity contribution in [1.29, 1.82) is 0 Å². The largest absolute Gasteiger partial charge is 0.311 e. The molecule has 0 spiro atoms. The van der Waals surface area contributed by atoms with Crippen LogP contribution in [0.15, 0.2) is 24.5 Å². The van der Waals surface area contributed by atoms with Crippen LogP contribution in [0.3, 0.4) is 0 Å². The first-order chi connectivity index (χ1) is 9.16. The van der Waals surface area contributed by atoms with Gasteiger partial charge >= 0.3 is 0 Å². The second-order valence-corrected chi connectivity index (χ2v) is 7.19. The van der Waals surface area contributed by atoms with E-state index in [2.05, 4.69) is 15.2 Å². The van der Waals surface area contributed by atoms with Crippen LogP contribution in [-0.2, 0) is 16.4 Å². The summed E-state index contributed by atoms with van der Waals surface area (Å²) in [5.74, 6) is 0.641. The van der Waals surface area contributed by atoms with Gasteiger partial charge in [0.15, 0.2) is 9.84 Å². The van der Waals surface area contributed by atoms with Gasteiger partial charge in [-0.25, -0.2) is 8.42 Å². The normalized spacial score (nSPS) is 20.0. The molecule has 5 nitrogen and oxygen atoms in total. The zero-order valence-corrected chi connectivity index (χ0v) is 11.9. The van der Waals surface area contributed by atoms with E-state index in [1.165, 1.54) is 5.56 Å². The summed E-state index contributed by atoms with van der Waals surface area (Å²) in [4.78, 5) is 6.29. The van der Waals surface area contributed by atoms with Crippen LogP contribution in [0.25, 0.3) is 0 Å². The van der Waals surface area contributed by atoms with Gasteiger partial charge in [-0.2, -0.15) is 0 Å². The van der Waals surface area contributed by atoms with E-state index in [4.69, 9.17) is 0 Å². The van der Waals surface area contributed by atoms with Gasteiger partial charge in [-0.3, -0.25) is 4.98 Å². The third-order valence-corrected chi connectivity index (χ3v) is 5.02. The van der Waals surface area contributed by atoms with E-state index in [9.17, 15) is 8.42 Å². The van der Waals surface area contributed by atoms with E-state index in [-0.39, 0.29) is 0 Å². The first-order valence-corrected chi connectivity index (χ1v) is 8.50. The Balaban J connectivity index is 1.66. The highest BCUT2D eigenvalue weighted by Crippen LogP contribution is 2.04. The van der Waals surface area contributed by atoms with E-state index in [0.29, 0.717) is 18.1 Å². The van der Waals surface area contributed by atoms with Crippen molar-refractivity contribution in [1.82, 2.24) is 15.2 Å². The number of hydrogen-bond acceptors (Lipinski definition) is 5. The Bertz CT molecular complexity index is 476. The summed E-state index contributed by atoms with van der Waals surface area (Å²) in [7, 11) is -2.80. The van der Waals surface area contributed by atoms with Crippen LogP contribution in [0.5, 0.6) is 0 Å². The molecule has 0 aromatic carbocycles. The quantitative estimate of drug-likeness (QED) is 0.787. The van der Waals surface area contributed by atoms with Gasteiger partial charge in [0.2, 0.25) is 0 Å². The molecule has 0 aliphatic carbocycles. The van der Waals surface area contributed by atoms with Crippen molar-refractivity contribution >= 4 is 9.84 Å². The summed E-state index contributed by atoms with van der Waals surface area (Å²) in [6, 6.07) is 3.97. The maximum absolute atomic E-state index is 11.5. The molecule has 0 atom stereocenters. The summed E-state index contributed by atoms with van der Waals surface area (Å²) in [5.41, 5.74) is 1.17. The minimum Gasteiger partial charge on any atom is -0.311 e. The fourth-order valence-electron chi connectivity index (χ4n) is 2.19. The molecule has 106 valence electrons. The van der Waals surface area contributed by atoms with E-state index in [1.807, 2.05) is 18.3 Å². The second kappa shape index (κ2) is 6.98. The average Bonchev–Trinajstić information content (AvgIpc) is 2.57. The van der Waals surface area contributed by atoms with Crippen LogP contribution < -0.4 is 5.32 Å². The molecular formula is C13H21N3O2S. The van der Waals surface area contributed by atoms with Gasteiger partial charge in [0.25, 0.3) is 0 Å². The number of aromatic nitrogens is 1. The molecule has 2 rings (SSSR count). The standard InChI is InChI=1S/C13H21N3O2S/c17-19(18)9-2-6-16(8-10-19)7-5-15-12-13-3-1-4-14-11-13/h1,3-4,11,15H,2,5-10,12H2. The Kier molecular flexibility index (Phi) is 5.30. The smallest absolute Gasteiger partial charge is 0.151 e. The molecule has 6 heteroatoms. The van der Waals surface area contributed by atoms with Crippen molar-refractivity contribution in [2.24, 2.45) is 0 Å². The van der Waals surface area contributed by atoms with E-state index in [0.717, 1.165) is 32.6 Å². The molecule has 2 heterocycles. The van der Waals surface area contributed by atoms with Crippen LogP contribution in [0, 0.1) is 0 Å². The molecular weight excluding hydrogens is 262 g/mol. The number of rotatable bonds is 5. The number of nitrogens with zero attached hydrogens (tertiary/aromatic N) is 2. The van der Waals surface area contributed by atoms with Gasteiger partial charge in [0, 0.05) is 38.6 Å². The Hall–Kier alpha value is -0.980. The zero-order valence-electron chi connectivity index (χ0n) is 11.1. The number of sulfone groups is 1. The number of hydrogen-bond donors (Lipinski definition) is 1.